The molecule has 0 bridgehead atoms. The topological polar surface area (TPSA) is 38.3 Å². The van der Waals surface area contributed by atoms with Gasteiger partial charge >= 0.3 is 0 Å². The third kappa shape index (κ3) is 3.49. The number of methoxy groups -OCH3 is 1. The van der Waals surface area contributed by atoms with Crippen molar-refractivity contribution in [2.45, 2.75) is 58.1 Å². The van der Waals surface area contributed by atoms with E-state index < -0.39 is 0 Å². The number of hydrogen-bond acceptors (Lipinski definition) is 2. The molecule has 1 amide bonds. The van der Waals surface area contributed by atoms with E-state index in [-0.39, 0.29) is 17.4 Å². The minimum atomic E-state index is -0.0484. The van der Waals surface area contributed by atoms with Gasteiger partial charge in [-0.05, 0) is 32.6 Å². The number of hydrogen-bond donors (Lipinski definition) is 1. The third-order valence-electron chi connectivity index (χ3n) is 3.30. The quantitative estimate of drug-likeness (QED) is 0.779. The lowest BCUT2D eigenvalue weighted by molar-refractivity contribution is -0.125. The number of rotatable bonds is 3. The predicted octanol–water partition coefficient (Wildman–Crippen LogP) is 2.11. The van der Waals surface area contributed by atoms with E-state index >= 15 is 0 Å². The predicted molar refractivity (Wildman–Crippen MR) is 60.7 cm³/mol. The van der Waals surface area contributed by atoms with Gasteiger partial charge in [-0.2, -0.15) is 0 Å². The maximum absolute atomic E-state index is 11.6. The van der Waals surface area contributed by atoms with Crippen molar-refractivity contribution in [2.24, 2.45) is 5.92 Å². The van der Waals surface area contributed by atoms with Gasteiger partial charge in [0.15, 0.2) is 0 Å². The zero-order chi connectivity index (χ0) is 11.5. The zero-order valence-corrected chi connectivity index (χ0v) is 10.3. The summed E-state index contributed by atoms with van der Waals surface area (Å²) in [5.41, 5.74) is -0.0484. The molecule has 15 heavy (non-hydrogen) atoms. The summed E-state index contributed by atoms with van der Waals surface area (Å²) in [6.45, 7) is 5.97. The molecule has 0 spiro atoms. The SMILES string of the molecule is COC1(C)CCCC(NC(=O)C(C)C)C1. The van der Waals surface area contributed by atoms with Gasteiger partial charge in [0.2, 0.25) is 5.91 Å². The van der Waals surface area contributed by atoms with Crippen LogP contribution in [0.2, 0.25) is 0 Å². The molecule has 1 saturated carbocycles. The van der Waals surface area contributed by atoms with Gasteiger partial charge in [0.1, 0.15) is 0 Å². The lowest BCUT2D eigenvalue weighted by atomic mass is 9.83. The summed E-state index contributed by atoms with van der Waals surface area (Å²) in [6.07, 6.45) is 4.24. The van der Waals surface area contributed by atoms with Crippen LogP contribution in [-0.2, 0) is 9.53 Å². The minimum Gasteiger partial charge on any atom is -0.378 e. The number of amides is 1. The van der Waals surface area contributed by atoms with Crippen LogP contribution in [0.4, 0.5) is 0 Å². The molecule has 0 aromatic rings. The molecule has 2 atom stereocenters. The molecule has 0 aliphatic heterocycles. The first-order chi connectivity index (χ1) is 6.97. The average Bonchev–Trinajstić information content (AvgIpc) is 2.18. The Labute approximate surface area is 92.6 Å². The highest BCUT2D eigenvalue weighted by atomic mass is 16.5. The van der Waals surface area contributed by atoms with E-state index in [0.29, 0.717) is 6.04 Å². The normalized spacial score (nSPS) is 31.7. The Balaban J connectivity index is 2.47. The molecule has 1 aliphatic carbocycles. The van der Waals surface area contributed by atoms with E-state index in [9.17, 15) is 4.79 Å². The lowest BCUT2D eigenvalue weighted by Crippen LogP contribution is -2.46. The standard InChI is InChI=1S/C12H23NO2/c1-9(2)11(14)13-10-6-5-7-12(3,8-10)15-4/h9-10H,5-8H2,1-4H3,(H,13,14). The highest BCUT2D eigenvalue weighted by molar-refractivity contribution is 5.78. The van der Waals surface area contributed by atoms with Crippen LogP contribution in [0.1, 0.15) is 46.5 Å². The summed E-state index contributed by atoms with van der Waals surface area (Å²) < 4.78 is 5.50. The summed E-state index contributed by atoms with van der Waals surface area (Å²) in [7, 11) is 1.76. The average molecular weight is 213 g/mol. The highest BCUT2D eigenvalue weighted by Crippen LogP contribution is 2.30. The molecular weight excluding hydrogens is 190 g/mol. The van der Waals surface area contributed by atoms with Crippen molar-refractivity contribution in [3.63, 3.8) is 0 Å². The van der Waals surface area contributed by atoms with Crippen molar-refractivity contribution < 1.29 is 9.53 Å². The van der Waals surface area contributed by atoms with Crippen LogP contribution < -0.4 is 5.32 Å². The van der Waals surface area contributed by atoms with E-state index in [1.54, 1.807) is 7.11 Å². The van der Waals surface area contributed by atoms with Gasteiger partial charge in [-0.25, -0.2) is 0 Å². The van der Waals surface area contributed by atoms with Gasteiger partial charge < -0.3 is 10.1 Å². The zero-order valence-electron chi connectivity index (χ0n) is 10.3. The fourth-order valence-electron chi connectivity index (χ4n) is 2.12. The first kappa shape index (κ1) is 12.5. The molecule has 1 fully saturated rings. The molecule has 1 aliphatic rings. The first-order valence-corrected chi connectivity index (χ1v) is 5.82. The summed E-state index contributed by atoms with van der Waals surface area (Å²) in [6, 6.07) is 0.290. The molecule has 3 nitrogen and oxygen atoms in total. The fraction of sp³-hybridized carbons (Fsp3) is 0.917. The van der Waals surface area contributed by atoms with Crippen molar-refractivity contribution in [1.29, 1.82) is 0 Å². The Bertz CT molecular complexity index is 228. The van der Waals surface area contributed by atoms with Crippen LogP contribution >= 0.6 is 0 Å². The Morgan fingerprint density at radius 1 is 1.53 bits per heavy atom. The summed E-state index contributed by atoms with van der Waals surface area (Å²) in [4.78, 5) is 11.6. The first-order valence-electron chi connectivity index (χ1n) is 5.82. The van der Waals surface area contributed by atoms with Crippen molar-refractivity contribution in [3.8, 4) is 0 Å². The Morgan fingerprint density at radius 2 is 2.20 bits per heavy atom. The van der Waals surface area contributed by atoms with Gasteiger partial charge in [-0.3, -0.25) is 4.79 Å². The second kappa shape index (κ2) is 4.97. The molecule has 88 valence electrons. The summed E-state index contributed by atoms with van der Waals surface area (Å²) >= 11 is 0. The molecule has 0 heterocycles. The van der Waals surface area contributed by atoms with Crippen LogP contribution in [0.5, 0.6) is 0 Å². The molecule has 0 aromatic carbocycles. The van der Waals surface area contributed by atoms with Crippen LogP contribution in [-0.4, -0.2) is 24.7 Å². The van der Waals surface area contributed by atoms with E-state index in [4.69, 9.17) is 4.74 Å². The van der Waals surface area contributed by atoms with Gasteiger partial charge in [-0.1, -0.05) is 13.8 Å². The summed E-state index contributed by atoms with van der Waals surface area (Å²) in [5.74, 6) is 0.223. The second-order valence-corrected chi connectivity index (χ2v) is 5.11. The third-order valence-corrected chi connectivity index (χ3v) is 3.30. The molecule has 0 radical (unpaired) electrons. The number of carbonyl (C=O) groups is 1. The number of ether oxygens (including phenoxy) is 1. The molecular formula is C12H23NO2. The van der Waals surface area contributed by atoms with Crippen molar-refractivity contribution in [2.75, 3.05) is 7.11 Å². The molecule has 2 unspecified atom stereocenters. The van der Waals surface area contributed by atoms with E-state index in [1.807, 2.05) is 13.8 Å². The minimum absolute atomic E-state index is 0.0484. The molecule has 1 N–H and O–H groups in total. The van der Waals surface area contributed by atoms with E-state index in [0.717, 1.165) is 25.7 Å². The van der Waals surface area contributed by atoms with Crippen molar-refractivity contribution >= 4 is 5.91 Å². The maximum Gasteiger partial charge on any atom is 0.222 e. The van der Waals surface area contributed by atoms with E-state index in [1.165, 1.54) is 0 Å². The van der Waals surface area contributed by atoms with Gasteiger partial charge in [0, 0.05) is 19.1 Å². The lowest BCUT2D eigenvalue weighted by Gasteiger charge is -2.37. The maximum atomic E-state index is 11.6. The Hall–Kier alpha value is -0.570. The number of nitrogens with one attached hydrogen (secondary N) is 1. The van der Waals surface area contributed by atoms with Gasteiger partial charge in [0.25, 0.3) is 0 Å². The Morgan fingerprint density at radius 3 is 2.73 bits per heavy atom. The molecule has 0 aromatic heterocycles. The van der Waals surface area contributed by atoms with Gasteiger partial charge in [0.05, 0.1) is 5.60 Å². The molecule has 1 rings (SSSR count). The van der Waals surface area contributed by atoms with Crippen molar-refractivity contribution in [3.05, 3.63) is 0 Å². The van der Waals surface area contributed by atoms with E-state index in [2.05, 4.69) is 12.2 Å². The second-order valence-electron chi connectivity index (χ2n) is 5.11. The van der Waals surface area contributed by atoms with Crippen LogP contribution in [0, 0.1) is 5.92 Å². The van der Waals surface area contributed by atoms with Crippen LogP contribution in [0.15, 0.2) is 0 Å². The smallest absolute Gasteiger partial charge is 0.222 e. The monoisotopic (exact) mass is 213 g/mol. The largest absolute Gasteiger partial charge is 0.378 e. The van der Waals surface area contributed by atoms with Crippen LogP contribution in [0.3, 0.4) is 0 Å². The highest BCUT2D eigenvalue weighted by Gasteiger charge is 2.32. The van der Waals surface area contributed by atoms with Gasteiger partial charge in [-0.15, -0.1) is 0 Å². The summed E-state index contributed by atoms with van der Waals surface area (Å²) in [5, 5.41) is 3.09. The van der Waals surface area contributed by atoms with Crippen LogP contribution in [0.25, 0.3) is 0 Å². The number of carbonyl (C=O) groups excluding carboxylic acids is 1. The molecule has 3 heteroatoms. The fourth-order valence-corrected chi connectivity index (χ4v) is 2.12. The Kier molecular flexibility index (Phi) is 4.14. The molecule has 0 saturated heterocycles. The van der Waals surface area contributed by atoms with Crippen molar-refractivity contribution in [1.82, 2.24) is 5.32 Å².